The fourth-order valence-corrected chi connectivity index (χ4v) is 8.75. The van der Waals surface area contributed by atoms with Gasteiger partial charge in [-0.25, -0.2) is 27.3 Å². The molecule has 1 aromatic carbocycles. The molecule has 7 atom stereocenters. The second-order valence-electron chi connectivity index (χ2n) is 14.1. The maximum Gasteiger partial charge on any atom is 0.405 e. The quantitative estimate of drug-likeness (QED) is 0.304. The van der Waals surface area contributed by atoms with Gasteiger partial charge in [0.2, 0.25) is 22.7 Å². The number of sulfonamides is 1. The van der Waals surface area contributed by atoms with Gasteiger partial charge in [0, 0.05) is 36.0 Å². The summed E-state index contributed by atoms with van der Waals surface area (Å²) in [5, 5.41) is 13.7. The molecule has 0 unspecified atom stereocenters. The number of nitrogens with one attached hydrogen (secondary N) is 3. The minimum atomic E-state index is -4.67. The second kappa shape index (κ2) is 13.7. The smallest absolute Gasteiger partial charge is 0.405 e. The van der Waals surface area contributed by atoms with Crippen molar-refractivity contribution in [2.24, 2.45) is 17.8 Å². The van der Waals surface area contributed by atoms with Crippen LogP contribution >= 0.6 is 11.6 Å². The highest BCUT2D eigenvalue weighted by Crippen LogP contribution is 2.48. The van der Waals surface area contributed by atoms with Crippen LogP contribution in [0.1, 0.15) is 58.8 Å². The van der Waals surface area contributed by atoms with E-state index in [9.17, 15) is 37.1 Å². The molecule has 2 saturated carbocycles. The number of nitrogens with zero attached hydrogens (tertiary/aromatic N) is 2. The van der Waals surface area contributed by atoms with Gasteiger partial charge in [0.25, 0.3) is 15.9 Å². The molecule has 2 aromatic rings. The molecule has 276 valence electrons. The van der Waals surface area contributed by atoms with E-state index in [2.05, 4.69) is 15.6 Å². The van der Waals surface area contributed by atoms with Gasteiger partial charge < -0.3 is 30.1 Å². The molecular weight excluding hydrogens is 709 g/mol. The number of benzene rings is 1. The molecule has 0 radical (unpaired) electrons. The van der Waals surface area contributed by atoms with Crippen molar-refractivity contribution in [3.63, 3.8) is 0 Å². The molecule has 6 rings (SSSR count). The number of ether oxygens (including phenoxy) is 2. The molecule has 4 N–H and O–H groups in total. The zero-order valence-electron chi connectivity index (χ0n) is 28.4. The Balaban J connectivity index is 1.35. The van der Waals surface area contributed by atoms with Crippen LogP contribution in [0, 0.1) is 17.8 Å². The van der Waals surface area contributed by atoms with Crippen LogP contribution in [0.25, 0.3) is 10.8 Å². The van der Waals surface area contributed by atoms with Gasteiger partial charge in [0.15, 0.2) is 0 Å². The lowest BCUT2D eigenvalue weighted by Crippen LogP contribution is -2.59. The number of halogens is 2. The Kier molecular flexibility index (Phi) is 9.87. The van der Waals surface area contributed by atoms with E-state index in [4.69, 9.17) is 21.1 Å². The SMILES string of the molecule is COc1cnc(O[C@@H]2C[C@H]3C(=O)N[C@]4(C(=O)NS(=O)(=O)C5(F)CC5)C[C@H]4/C=C\CC[C@@H](C)C[C@@H](C)[C@H](NC(=O)O)C(=O)N3C2)c2cccc(Cl)c12. The largest absolute Gasteiger partial charge is 0.494 e. The van der Waals surface area contributed by atoms with Gasteiger partial charge in [-0.3, -0.25) is 14.4 Å². The Bertz CT molecular complexity index is 1890. The average Bonchev–Trinajstić information content (AvgIpc) is 3.95. The predicted octanol–water partition coefficient (Wildman–Crippen LogP) is 3.67. The third-order valence-electron chi connectivity index (χ3n) is 10.3. The first-order valence-corrected chi connectivity index (χ1v) is 18.8. The molecule has 2 aliphatic heterocycles. The summed E-state index contributed by atoms with van der Waals surface area (Å²) in [5.74, 6) is -2.92. The van der Waals surface area contributed by atoms with E-state index in [0.29, 0.717) is 40.8 Å². The van der Waals surface area contributed by atoms with Crippen molar-refractivity contribution in [2.45, 2.75) is 87.5 Å². The van der Waals surface area contributed by atoms with Crippen molar-refractivity contribution in [2.75, 3.05) is 13.7 Å². The lowest BCUT2D eigenvalue weighted by Gasteiger charge is -2.32. The maximum absolute atomic E-state index is 14.7. The maximum atomic E-state index is 14.7. The zero-order valence-corrected chi connectivity index (χ0v) is 29.9. The van der Waals surface area contributed by atoms with Gasteiger partial charge in [-0.15, -0.1) is 0 Å². The first-order valence-electron chi connectivity index (χ1n) is 16.9. The van der Waals surface area contributed by atoms with Crippen LogP contribution in [0.3, 0.4) is 0 Å². The summed E-state index contributed by atoms with van der Waals surface area (Å²) in [6.07, 6.45) is 4.03. The molecule has 1 aromatic heterocycles. The van der Waals surface area contributed by atoms with Crippen molar-refractivity contribution >= 4 is 56.2 Å². The predicted molar refractivity (Wildman–Crippen MR) is 183 cm³/mol. The van der Waals surface area contributed by atoms with E-state index in [1.807, 2.05) is 17.7 Å². The number of amides is 4. The monoisotopic (exact) mass is 749 g/mol. The van der Waals surface area contributed by atoms with E-state index >= 15 is 0 Å². The summed E-state index contributed by atoms with van der Waals surface area (Å²) < 4.78 is 53.7. The minimum absolute atomic E-state index is 0.0504. The molecule has 1 saturated heterocycles. The van der Waals surface area contributed by atoms with Crippen LogP contribution in [-0.4, -0.2) is 89.6 Å². The Morgan fingerprint density at radius 3 is 2.63 bits per heavy atom. The Labute approximate surface area is 299 Å². The Morgan fingerprint density at radius 2 is 1.94 bits per heavy atom. The molecule has 0 bridgehead atoms. The van der Waals surface area contributed by atoms with Crippen molar-refractivity contribution in [1.82, 2.24) is 25.2 Å². The standard InChI is InChI=1S/C34H41ClFN5O9S/c1-18-7-4-5-8-20-15-34(20,31(44)40-51(47,48)33(36)11-12-33)39-28(42)24-14-21(17-41(24)30(43)27(19(2)13-18)38-32(45)46)50-29-22-9-6-10-23(35)26(22)25(49-3)16-37-29/h5-6,8-10,16,18-21,24,27,38H,4,7,11-15,17H2,1-3H3,(H,39,42)(H,40,44)(H,45,46)/b8-5-/t18-,19-,20-,21-,24+,27+,34-/m1/s1. The summed E-state index contributed by atoms with van der Waals surface area (Å²) in [6, 6.07) is 2.64. The molecule has 3 heterocycles. The Morgan fingerprint density at radius 1 is 1.20 bits per heavy atom. The van der Waals surface area contributed by atoms with Crippen molar-refractivity contribution in [1.29, 1.82) is 0 Å². The van der Waals surface area contributed by atoms with Crippen LogP contribution in [0.2, 0.25) is 5.02 Å². The number of rotatable bonds is 7. The first kappa shape index (κ1) is 36.6. The lowest BCUT2D eigenvalue weighted by atomic mass is 9.88. The number of carboxylic acid groups (broad SMARTS) is 1. The van der Waals surface area contributed by atoms with Crippen LogP contribution in [0.15, 0.2) is 36.5 Å². The van der Waals surface area contributed by atoms with Crippen LogP contribution in [-0.2, 0) is 24.4 Å². The topological polar surface area (TPSA) is 193 Å². The third-order valence-corrected chi connectivity index (χ3v) is 12.5. The number of pyridine rings is 1. The number of methoxy groups -OCH3 is 1. The first-order chi connectivity index (χ1) is 24.1. The minimum Gasteiger partial charge on any atom is -0.494 e. The molecule has 3 fully saturated rings. The van der Waals surface area contributed by atoms with Crippen LogP contribution in [0.4, 0.5) is 9.18 Å². The highest BCUT2D eigenvalue weighted by Gasteiger charge is 2.64. The summed E-state index contributed by atoms with van der Waals surface area (Å²) in [7, 11) is -3.20. The number of fused-ring (bicyclic) bond motifs is 3. The number of carbonyl (C=O) groups excluding carboxylic acids is 3. The molecule has 4 aliphatic rings. The highest BCUT2D eigenvalue weighted by molar-refractivity contribution is 7.91. The molecule has 2 aliphatic carbocycles. The average molecular weight is 750 g/mol. The summed E-state index contributed by atoms with van der Waals surface area (Å²) >= 11 is 6.48. The molecule has 14 nitrogen and oxygen atoms in total. The van der Waals surface area contributed by atoms with Gasteiger partial charge in [-0.1, -0.05) is 43.7 Å². The van der Waals surface area contributed by atoms with Gasteiger partial charge in [0.1, 0.15) is 29.5 Å². The number of allylic oxidation sites excluding steroid dienone is 1. The molecular formula is C34H41ClFN5O9S. The van der Waals surface area contributed by atoms with E-state index in [1.54, 1.807) is 31.2 Å². The number of alkyl halides is 1. The molecule has 4 amide bonds. The van der Waals surface area contributed by atoms with Crippen molar-refractivity contribution in [3.05, 3.63) is 41.6 Å². The highest BCUT2D eigenvalue weighted by atomic mass is 35.5. The molecule has 17 heteroatoms. The fraction of sp³-hybridized carbons (Fsp3) is 0.559. The van der Waals surface area contributed by atoms with Gasteiger partial charge in [-0.05, 0) is 49.7 Å². The number of aromatic nitrogens is 1. The number of carbonyl (C=O) groups is 4. The van der Waals surface area contributed by atoms with Crippen molar-refractivity contribution in [3.8, 4) is 11.6 Å². The second-order valence-corrected chi connectivity index (χ2v) is 16.5. The summed E-state index contributed by atoms with van der Waals surface area (Å²) in [5.41, 5.74) is -1.72. The van der Waals surface area contributed by atoms with Crippen LogP contribution in [0.5, 0.6) is 11.6 Å². The van der Waals surface area contributed by atoms with Gasteiger partial charge in [0.05, 0.1) is 24.9 Å². The zero-order chi connectivity index (χ0) is 36.9. The summed E-state index contributed by atoms with van der Waals surface area (Å²) in [4.78, 5) is 59.7. The van der Waals surface area contributed by atoms with E-state index in [1.165, 1.54) is 18.2 Å². The molecule has 51 heavy (non-hydrogen) atoms. The van der Waals surface area contributed by atoms with Crippen LogP contribution < -0.4 is 24.8 Å². The van der Waals surface area contributed by atoms with E-state index in [-0.39, 0.29) is 44.0 Å². The fourth-order valence-electron chi connectivity index (χ4n) is 7.23. The number of hydrogen-bond acceptors (Lipinski definition) is 9. The Hall–Kier alpha value is -4.18. The van der Waals surface area contributed by atoms with Crippen molar-refractivity contribution < 1.29 is 46.6 Å². The normalized spacial score (nSPS) is 31.2. The molecule has 0 spiro atoms. The summed E-state index contributed by atoms with van der Waals surface area (Å²) in [6.45, 7) is 3.61. The third kappa shape index (κ3) is 7.16. The number of hydrogen-bond donors (Lipinski definition) is 4. The van der Waals surface area contributed by atoms with Gasteiger partial charge >= 0.3 is 6.09 Å². The lowest BCUT2D eigenvalue weighted by molar-refractivity contribution is -0.142. The van der Waals surface area contributed by atoms with Gasteiger partial charge in [-0.2, -0.15) is 0 Å². The van der Waals surface area contributed by atoms with E-state index < -0.39 is 74.4 Å². The van der Waals surface area contributed by atoms with E-state index in [0.717, 1.165) is 0 Å².